The van der Waals surface area contributed by atoms with Gasteiger partial charge in [0.05, 0.1) is 54.5 Å². The smallest absolute Gasteiger partial charge is 0.309 e. The van der Waals surface area contributed by atoms with Crippen molar-refractivity contribution in [1.82, 2.24) is 0 Å². The first-order chi connectivity index (χ1) is 15.4. The molecule has 2 aromatic rings. The number of rotatable bonds is 11. The Morgan fingerprint density at radius 3 is 1.22 bits per heavy atom. The van der Waals surface area contributed by atoms with E-state index in [-0.39, 0.29) is 12.8 Å². The van der Waals surface area contributed by atoms with E-state index in [4.69, 9.17) is 28.4 Å². The molecule has 0 aliphatic carbocycles. The summed E-state index contributed by atoms with van der Waals surface area (Å²) in [5.74, 6) is -0.365. The van der Waals surface area contributed by atoms with Gasteiger partial charge in [0.25, 0.3) is 0 Å². The highest BCUT2D eigenvalue weighted by Gasteiger charge is 2.36. The number of methoxy groups -OCH3 is 6. The average molecular weight is 446 g/mol. The Kier molecular flexibility index (Phi) is 9.19. The van der Waals surface area contributed by atoms with Crippen molar-refractivity contribution in [3.05, 3.63) is 47.5 Å². The lowest BCUT2D eigenvalue weighted by molar-refractivity contribution is -0.157. The molecule has 0 saturated carbocycles. The highest BCUT2D eigenvalue weighted by molar-refractivity contribution is 5.82. The second-order valence-corrected chi connectivity index (χ2v) is 7.05. The fourth-order valence-corrected chi connectivity index (χ4v) is 3.61. The number of hydrogen-bond donors (Lipinski definition) is 0. The summed E-state index contributed by atoms with van der Waals surface area (Å²) in [6, 6.07) is 10.7. The molecule has 0 aliphatic rings. The normalized spacial score (nSPS) is 12.3. The molecular formula is C24H30O8. The van der Waals surface area contributed by atoms with Gasteiger partial charge in [0.2, 0.25) is 0 Å². The lowest BCUT2D eigenvalue weighted by Crippen LogP contribution is -2.34. The molecule has 0 N–H and O–H groups in total. The number of benzene rings is 2. The number of carbonyl (C=O) groups excluding carboxylic acids is 2. The van der Waals surface area contributed by atoms with Gasteiger partial charge in [-0.05, 0) is 48.2 Å². The predicted octanol–water partition coefficient (Wildman–Crippen LogP) is 3.08. The summed E-state index contributed by atoms with van der Waals surface area (Å²) in [7, 11) is 8.77. The zero-order valence-corrected chi connectivity index (χ0v) is 19.3. The molecule has 0 fully saturated rings. The van der Waals surface area contributed by atoms with Crippen molar-refractivity contribution in [1.29, 1.82) is 0 Å². The summed E-state index contributed by atoms with van der Waals surface area (Å²) in [5.41, 5.74) is 1.58. The van der Waals surface area contributed by atoms with Gasteiger partial charge in [0, 0.05) is 0 Å². The number of hydrogen-bond acceptors (Lipinski definition) is 8. The van der Waals surface area contributed by atoms with E-state index in [0.717, 1.165) is 11.1 Å². The third-order valence-corrected chi connectivity index (χ3v) is 5.30. The summed E-state index contributed by atoms with van der Waals surface area (Å²) in [6.45, 7) is 0. The molecule has 174 valence electrons. The van der Waals surface area contributed by atoms with Crippen LogP contribution in [0.4, 0.5) is 0 Å². The highest BCUT2D eigenvalue weighted by atomic mass is 16.5. The standard InChI is InChI=1S/C24H30O8/c1-27-19-9-7-15(13-21(19)29-3)11-17(23(25)31-5)18(24(26)32-6)12-16-8-10-20(28-2)22(14-16)30-4/h7-10,13-14,17-18H,11-12H2,1-6H3/t17-,18+. The molecule has 8 heteroatoms. The van der Waals surface area contributed by atoms with Crippen molar-refractivity contribution < 1.29 is 38.0 Å². The van der Waals surface area contributed by atoms with Crippen LogP contribution in [0.3, 0.4) is 0 Å². The Balaban J connectivity index is 2.41. The van der Waals surface area contributed by atoms with Crippen LogP contribution in [0.15, 0.2) is 36.4 Å². The van der Waals surface area contributed by atoms with Crippen LogP contribution < -0.4 is 18.9 Å². The largest absolute Gasteiger partial charge is 0.493 e. The van der Waals surface area contributed by atoms with Crippen LogP contribution in [0.2, 0.25) is 0 Å². The van der Waals surface area contributed by atoms with Gasteiger partial charge >= 0.3 is 11.9 Å². The quantitative estimate of drug-likeness (QED) is 0.487. The van der Waals surface area contributed by atoms with E-state index >= 15 is 0 Å². The monoisotopic (exact) mass is 446 g/mol. The zero-order valence-electron chi connectivity index (χ0n) is 19.3. The number of carbonyl (C=O) groups is 2. The zero-order chi connectivity index (χ0) is 23.7. The maximum atomic E-state index is 12.7. The molecule has 2 rings (SSSR count). The van der Waals surface area contributed by atoms with Crippen molar-refractivity contribution >= 4 is 11.9 Å². The molecular weight excluding hydrogens is 416 g/mol. The van der Waals surface area contributed by atoms with Gasteiger partial charge in [0.15, 0.2) is 23.0 Å². The minimum Gasteiger partial charge on any atom is -0.493 e. The van der Waals surface area contributed by atoms with Crippen LogP contribution in [-0.2, 0) is 31.9 Å². The Hall–Kier alpha value is -3.42. The molecule has 32 heavy (non-hydrogen) atoms. The van der Waals surface area contributed by atoms with E-state index in [1.165, 1.54) is 28.4 Å². The molecule has 0 bridgehead atoms. The Morgan fingerprint density at radius 1 is 0.594 bits per heavy atom. The van der Waals surface area contributed by atoms with Crippen molar-refractivity contribution in [3.63, 3.8) is 0 Å². The first kappa shape index (κ1) is 24.8. The van der Waals surface area contributed by atoms with Gasteiger partial charge in [-0.25, -0.2) is 0 Å². The van der Waals surface area contributed by atoms with Crippen molar-refractivity contribution in [3.8, 4) is 23.0 Å². The lowest BCUT2D eigenvalue weighted by Gasteiger charge is -2.24. The summed E-state index contributed by atoms with van der Waals surface area (Å²) in [6.07, 6.45) is 0.500. The highest BCUT2D eigenvalue weighted by Crippen LogP contribution is 2.33. The van der Waals surface area contributed by atoms with Crippen LogP contribution in [0.5, 0.6) is 23.0 Å². The number of ether oxygens (including phenoxy) is 6. The maximum absolute atomic E-state index is 12.7. The Labute approximate surface area is 188 Å². The van der Waals surface area contributed by atoms with E-state index in [9.17, 15) is 9.59 Å². The Bertz CT molecular complexity index is 849. The van der Waals surface area contributed by atoms with Gasteiger partial charge in [-0.15, -0.1) is 0 Å². The molecule has 0 unspecified atom stereocenters. The van der Waals surface area contributed by atoms with E-state index in [1.54, 1.807) is 38.5 Å². The summed E-state index contributed by atoms with van der Waals surface area (Å²) in [4.78, 5) is 25.5. The van der Waals surface area contributed by atoms with Gasteiger partial charge < -0.3 is 28.4 Å². The first-order valence-electron chi connectivity index (χ1n) is 9.99. The van der Waals surface area contributed by atoms with Crippen molar-refractivity contribution in [2.75, 3.05) is 42.7 Å². The average Bonchev–Trinajstić information content (AvgIpc) is 2.84. The maximum Gasteiger partial charge on any atom is 0.309 e. The minimum atomic E-state index is -0.779. The van der Waals surface area contributed by atoms with Crippen LogP contribution in [-0.4, -0.2) is 54.6 Å². The van der Waals surface area contributed by atoms with Crippen LogP contribution >= 0.6 is 0 Å². The molecule has 0 aliphatic heterocycles. The van der Waals surface area contributed by atoms with E-state index < -0.39 is 23.8 Å². The van der Waals surface area contributed by atoms with Gasteiger partial charge in [-0.3, -0.25) is 9.59 Å². The van der Waals surface area contributed by atoms with Crippen LogP contribution in [0.25, 0.3) is 0 Å². The second-order valence-electron chi connectivity index (χ2n) is 7.05. The molecule has 2 aromatic carbocycles. The SMILES string of the molecule is COC(=O)[C@@H](Cc1ccc(OC)c(OC)c1)[C@@H](Cc1ccc(OC)c(OC)c1)C(=O)OC. The molecule has 0 saturated heterocycles. The summed E-state index contributed by atoms with van der Waals surface area (Å²) < 4.78 is 31.3. The molecule has 0 amide bonds. The second kappa shape index (κ2) is 11.8. The number of esters is 2. The molecule has 0 heterocycles. The lowest BCUT2D eigenvalue weighted by atomic mass is 9.82. The van der Waals surface area contributed by atoms with Crippen molar-refractivity contribution in [2.45, 2.75) is 12.8 Å². The summed E-state index contributed by atoms with van der Waals surface area (Å²) in [5, 5.41) is 0. The van der Waals surface area contributed by atoms with Crippen molar-refractivity contribution in [2.24, 2.45) is 11.8 Å². The summed E-state index contributed by atoms with van der Waals surface area (Å²) >= 11 is 0. The molecule has 0 aromatic heterocycles. The van der Waals surface area contributed by atoms with Crippen LogP contribution in [0, 0.1) is 11.8 Å². The molecule has 8 nitrogen and oxygen atoms in total. The van der Waals surface area contributed by atoms with E-state index in [1.807, 2.05) is 12.1 Å². The van der Waals surface area contributed by atoms with Gasteiger partial charge in [-0.2, -0.15) is 0 Å². The topological polar surface area (TPSA) is 89.5 Å². The first-order valence-corrected chi connectivity index (χ1v) is 9.99. The van der Waals surface area contributed by atoms with Crippen LogP contribution in [0.1, 0.15) is 11.1 Å². The molecule has 0 spiro atoms. The van der Waals surface area contributed by atoms with Gasteiger partial charge in [-0.1, -0.05) is 12.1 Å². The minimum absolute atomic E-state index is 0.250. The fourth-order valence-electron chi connectivity index (χ4n) is 3.61. The third-order valence-electron chi connectivity index (χ3n) is 5.30. The van der Waals surface area contributed by atoms with Gasteiger partial charge in [0.1, 0.15) is 0 Å². The Morgan fingerprint density at radius 2 is 0.938 bits per heavy atom. The molecule has 0 radical (unpaired) electrons. The fraction of sp³-hybridized carbons (Fsp3) is 0.417. The van der Waals surface area contributed by atoms with E-state index in [2.05, 4.69) is 0 Å². The van der Waals surface area contributed by atoms with E-state index in [0.29, 0.717) is 23.0 Å². The predicted molar refractivity (Wildman–Crippen MR) is 118 cm³/mol. The molecule has 2 atom stereocenters. The third kappa shape index (κ3) is 5.84.